The minimum Gasteiger partial charge on any atom is -0.306 e. The van der Waals surface area contributed by atoms with Crippen LogP contribution in [0.3, 0.4) is 0 Å². The van der Waals surface area contributed by atoms with E-state index in [-0.39, 0.29) is 0 Å². The molecule has 0 N–H and O–H groups in total. The van der Waals surface area contributed by atoms with E-state index in [0.717, 1.165) is 17.5 Å². The zero-order valence-electron chi connectivity index (χ0n) is 10.2. The lowest BCUT2D eigenvalue weighted by atomic mass is 10.0. The molecule has 2 rings (SSSR count). The van der Waals surface area contributed by atoms with Gasteiger partial charge in [-0.2, -0.15) is 11.8 Å². The molecule has 1 saturated carbocycles. The van der Waals surface area contributed by atoms with Crippen molar-refractivity contribution in [3.8, 4) is 0 Å². The molecular formula is C11H19N3OS2. The van der Waals surface area contributed by atoms with Crippen LogP contribution in [0.2, 0.25) is 0 Å². The van der Waals surface area contributed by atoms with E-state index in [4.69, 9.17) is 0 Å². The summed E-state index contributed by atoms with van der Waals surface area (Å²) in [6.45, 7) is 0.864. The molecule has 0 radical (unpaired) electrons. The Morgan fingerprint density at radius 1 is 1.47 bits per heavy atom. The molecule has 4 nitrogen and oxygen atoms in total. The second kappa shape index (κ2) is 6.54. The standard InChI is InChI=1S/C11H19N3OS2/c1-17(15)11-13-12-9-14(11)7-8-16-10-5-3-2-4-6-10/h9-10H,2-8H2,1H3. The van der Waals surface area contributed by atoms with E-state index in [0.29, 0.717) is 5.16 Å². The maximum absolute atomic E-state index is 11.4. The monoisotopic (exact) mass is 273 g/mol. The van der Waals surface area contributed by atoms with Crippen LogP contribution in [0, 0.1) is 0 Å². The molecular weight excluding hydrogens is 254 g/mol. The summed E-state index contributed by atoms with van der Waals surface area (Å²) in [7, 11) is -1.04. The first-order chi connectivity index (χ1) is 8.27. The molecule has 0 amide bonds. The van der Waals surface area contributed by atoms with Crippen LogP contribution in [-0.4, -0.2) is 36.2 Å². The summed E-state index contributed by atoms with van der Waals surface area (Å²) in [5.74, 6) is 1.06. The smallest absolute Gasteiger partial charge is 0.221 e. The average molecular weight is 273 g/mol. The molecule has 6 heteroatoms. The van der Waals surface area contributed by atoms with E-state index < -0.39 is 10.8 Å². The first kappa shape index (κ1) is 13.1. The Bertz CT molecular complexity index is 375. The second-order valence-electron chi connectivity index (χ2n) is 4.39. The number of rotatable bonds is 5. The van der Waals surface area contributed by atoms with Gasteiger partial charge in [-0.05, 0) is 12.8 Å². The molecule has 1 fully saturated rings. The lowest BCUT2D eigenvalue weighted by Crippen LogP contribution is -2.11. The van der Waals surface area contributed by atoms with Crippen molar-refractivity contribution < 1.29 is 4.21 Å². The maximum atomic E-state index is 11.4. The SMILES string of the molecule is CS(=O)c1nncn1CCSC1CCCCC1. The molecule has 0 bridgehead atoms. The van der Waals surface area contributed by atoms with Crippen LogP contribution in [0.5, 0.6) is 0 Å². The number of nitrogens with zero attached hydrogens (tertiary/aromatic N) is 3. The normalized spacial score (nSPS) is 19.4. The van der Waals surface area contributed by atoms with Crippen molar-refractivity contribution in [2.75, 3.05) is 12.0 Å². The fourth-order valence-corrected chi connectivity index (χ4v) is 4.10. The van der Waals surface area contributed by atoms with Crippen LogP contribution in [0.25, 0.3) is 0 Å². The summed E-state index contributed by atoms with van der Waals surface area (Å²) in [6, 6.07) is 0. The summed E-state index contributed by atoms with van der Waals surface area (Å²) in [6.07, 6.45) is 10.2. The molecule has 0 saturated heterocycles. The molecule has 1 aliphatic carbocycles. The highest BCUT2D eigenvalue weighted by Gasteiger charge is 2.14. The van der Waals surface area contributed by atoms with Gasteiger partial charge in [-0.25, -0.2) is 0 Å². The average Bonchev–Trinajstić information content (AvgIpc) is 2.79. The van der Waals surface area contributed by atoms with Gasteiger partial charge in [-0.15, -0.1) is 10.2 Å². The van der Waals surface area contributed by atoms with Gasteiger partial charge in [0.05, 0.1) is 10.8 Å². The van der Waals surface area contributed by atoms with Gasteiger partial charge in [0, 0.05) is 23.8 Å². The van der Waals surface area contributed by atoms with E-state index >= 15 is 0 Å². The van der Waals surface area contributed by atoms with Crippen molar-refractivity contribution in [2.24, 2.45) is 0 Å². The Hall–Kier alpha value is -0.360. The largest absolute Gasteiger partial charge is 0.306 e. The highest BCUT2D eigenvalue weighted by molar-refractivity contribution is 7.99. The van der Waals surface area contributed by atoms with E-state index in [2.05, 4.69) is 10.2 Å². The molecule has 1 unspecified atom stereocenters. The van der Waals surface area contributed by atoms with Crippen molar-refractivity contribution in [3.63, 3.8) is 0 Å². The Morgan fingerprint density at radius 3 is 2.94 bits per heavy atom. The first-order valence-electron chi connectivity index (χ1n) is 6.10. The zero-order chi connectivity index (χ0) is 12.1. The number of hydrogen-bond acceptors (Lipinski definition) is 4. The summed E-state index contributed by atoms with van der Waals surface area (Å²) < 4.78 is 13.3. The lowest BCUT2D eigenvalue weighted by Gasteiger charge is -2.20. The Balaban J connectivity index is 1.77. The van der Waals surface area contributed by atoms with Gasteiger partial charge in [0.25, 0.3) is 0 Å². The van der Waals surface area contributed by atoms with Crippen molar-refractivity contribution >= 4 is 22.6 Å². The van der Waals surface area contributed by atoms with Crippen molar-refractivity contribution in [1.29, 1.82) is 0 Å². The third kappa shape index (κ3) is 3.81. The summed E-state index contributed by atoms with van der Waals surface area (Å²) in [5, 5.41) is 9.13. The molecule has 1 aromatic heterocycles. The predicted octanol–water partition coefficient (Wildman–Crippen LogP) is 2.08. The van der Waals surface area contributed by atoms with E-state index in [1.54, 1.807) is 12.6 Å². The Morgan fingerprint density at radius 2 is 2.24 bits per heavy atom. The quantitative estimate of drug-likeness (QED) is 0.824. The van der Waals surface area contributed by atoms with E-state index in [1.165, 1.54) is 32.1 Å². The molecule has 17 heavy (non-hydrogen) atoms. The van der Waals surface area contributed by atoms with Gasteiger partial charge in [-0.3, -0.25) is 4.21 Å². The summed E-state index contributed by atoms with van der Waals surface area (Å²) in [4.78, 5) is 0. The zero-order valence-corrected chi connectivity index (χ0v) is 11.8. The highest BCUT2D eigenvalue weighted by atomic mass is 32.2. The molecule has 0 aromatic carbocycles. The van der Waals surface area contributed by atoms with Crippen LogP contribution in [-0.2, 0) is 17.3 Å². The number of aryl methyl sites for hydroxylation is 1. The molecule has 1 aliphatic rings. The topological polar surface area (TPSA) is 47.8 Å². The van der Waals surface area contributed by atoms with Crippen LogP contribution >= 0.6 is 11.8 Å². The van der Waals surface area contributed by atoms with Crippen molar-refractivity contribution in [3.05, 3.63) is 6.33 Å². The lowest BCUT2D eigenvalue weighted by molar-refractivity contribution is 0.515. The van der Waals surface area contributed by atoms with Gasteiger partial charge in [-0.1, -0.05) is 19.3 Å². The van der Waals surface area contributed by atoms with Crippen LogP contribution in [0.4, 0.5) is 0 Å². The number of hydrogen-bond donors (Lipinski definition) is 0. The maximum Gasteiger partial charge on any atom is 0.221 e. The van der Waals surface area contributed by atoms with Gasteiger partial charge in [0.1, 0.15) is 6.33 Å². The molecule has 96 valence electrons. The predicted molar refractivity (Wildman–Crippen MR) is 71.7 cm³/mol. The number of aromatic nitrogens is 3. The Kier molecular flexibility index (Phi) is 5.03. The van der Waals surface area contributed by atoms with Gasteiger partial charge >= 0.3 is 0 Å². The molecule has 1 aromatic rings. The third-order valence-corrected chi connectivity index (χ3v) is 5.27. The van der Waals surface area contributed by atoms with Gasteiger partial charge in [0.2, 0.25) is 5.16 Å². The fraction of sp³-hybridized carbons (Fsp3) is 0.818. The van der Waals surface area contributed by atoms with Gasteiger partial charge < -0.3 is 4.57 Å². The summed E-state index contributed by atoms with van der Waals surface area (Å²) >= 11 is 2.04. The molecule has 1 atom stereocenters. The minimum absolute atomic E-state index is 0.592. The van der Waals surface area contributed by atoms with Crippen molar-refractivity contribution in [1.82, 2.24) is 14.8 Å². The fourth-order valence-electron chi connectivity index (χ4n) is 2.17. The molecule has 1 heterocycles. The Labute approximate surface area is 109 Å². The highest BCUT2D eigenvalue weighted by Crippen LogP contribution is 2.28. The third-order valence-electron chi connectivity index (χ3n) is 3.08. The van der Waals surface area contributed by atoms with Crippen LogP contribution in [0.1, 0.15) is 32.1 Å². The first-order valence-corrected chi connectivity index (χ1v) is 8.71. The molecule has 0 spiro atoms. The van der Waals surface area contributed by atoms with Crippen LogP contribution in [0.15, 0.2) is 11.5 Å². The van der Waals surface area contributed by atoms with Crippen LogP contribution < -0.4 is 0 Å². The second-order valence-corrected chi connectivity index (χ2v) is 7.07. The van der Waals surface area contributed by atoms with Gasteiger partial charge in [0.15, 0.2) is 0 Å². The molecule has 0 aliphatic heterocycles. The summed E-state index contributed by atoms with van der Waals surface area (Å²) in [5.41, 5.74) is 0. The van der Waals surface area contributed by atoms with E-state index in [1.807, 2.05) is 16.3 Å². The number of thioether (sulfide) groups is 1. The van der Waals surface area contributed by atoms with Crippen molar-refractivity contribution in [2.45, 2.75) is 49.1 Å². The van der Waals surface area contributed by atoms with E-state index in [9.17, 15) is 4.21 Å². The minimum atomic E-state index is -1.04.